The fraction of sp³-hybridized carbons (Fsp3) is 0.358. The lowest BCUT2D eigenvalue weighted by atomic mass is 9.90. The zero-order valence-electron chi connectivity index (χ0n) is 51.2. The van der Waals surface area contributed by atoms with Gasteiger partial charge >= 0.3 is 13.7 Å². The highest BCUT2D eigenvalue weighted by Crippen LogP contribution is 2.54. The summed E-state index contributed by atoms with van der Waals surface area (Å²) in [6.45, 7) is 14.7. The van der Waals surface area contributed by atoms with Gasteiger partial charge in [0.05, 0.1) is 24.1 Å². The van der Waals surface area contributed by atoms with Crippen LogP contribution in [0.15, 0.2) is 161 Å². The van der Waals surface area contributed by atoms with Gasteiger partial charge < -0.3 is 50.4 Å². The Labute approximate surface area is 519 Å². The van der Waals surface area contributed by atoms with Crippen molar-refractivity contribution < 1.29 is 47.2 Å². The van der Waals surface area contributed by atoms with Crippen molar-refractivity contribution in [2.24, 2.45) is 16.5 Å². The van der Waals surface area contributed by atoms with Gasteiger partial charge in [-0.1, -0.05) is 101 Å². The zero-order valence-corrected chi connectivity index (χ0v) is 52.1. The normalized spacial score (nSPS) is 12.8. The highest BCUT2D eigenvalue weighted by atomic mass is 31.2. The Hall–Kier alpha value is -9.04. The van der Waals surface area contributed by atoms with Gasteiger partial charge in [0, 0.05) is 105 Å². The first-order valence-corrected chi connectivity index (χ1v) is 32.4. The van der Waals surface area contributed by atoms with Crippen LogP contribution in [0, 0.1) is 0 Å². The maximum atomic E-state index is 14.7. The second-order valence-electron chi connectivity index (χ2n) is 21.7. The van der Waals surface area contributed by atoms with Crippen molar-refractivity contribution in [3.8, 4) is 33.9 Å². The standard InChI is InChI=1S/C67H80N11O10P/c1-5-74(6-2)52-35-37-58-60(46-52)84-61-47-53(75(7-3)8-4)36-38-59(61)64(58)56-28-19-20-29-57(56)65(80)77-42-40-76(41-43-77)63(79)30-18-10-9-11-21-39-78-48-51(72-73-78)23-22-44-83-67(81)71-62(45-49-31-33-50(34-32-49)70-66(68)69)89(82,87-85-54-24-14-12-15-25-54)88-86-55-26-16-13-17-27-55/h12-17,19-20,24-29,31-38,46-48,62H,5-11,18,21-23,30,39-45H2,1-4H3,(H4-,68,69,70,71,81)/p+1. The average molecular weight is 1230 g/mol. The molecule has 0 bridgehead atoms. The molecule has 89 heavy (non-hydrogen) atoms. The van der Waals surface area contributed by atoms with Crippen LogP contribution in [0.2, 0.25) is 0 Å². The minimum atomic E-state index is -4.53. The maximum absolute atomic E-state index is 14.7. The maximum Gasteiger partial charge on any atom is 0.426 e. The van der Waals surface area contributed by atoms with Gasteiger partial charge in [-0.25, -0.2) is 14.4 Å². The Morgan fingerprint density at radius 2 is 1.38 bits per heavy atom. The van der Waals surface area contributed by atoms with E-state index in [1.54, 1.807) is 84.9 Å². The number of para-hydroxylation sites is 2. The van der Waals surface area contributed by atoms with Crippen LogP contribution in [-0.2, 0) is 42.8 Å². The molecule has 1 unspecified atom stereocenters. The largest absolute Gasteiger partial charge is 0.456 e. The number of fused-ring (bicyclic) bond motifs is 2. The fourth-order valence-corrected chi connectivity index (χ4v) is 12.2. The number of carbonyl (C=O) groups is 3. The van der Waals surface area contributed by atoms with E-state index in [0.717, 1.165) is 108 Å². The molecule has 22 heteroatoms. The third kappa shape index (κ3) is 17.4. The lowest BCUT2D eigenvalue weighted by Gasteiger charge is -2.35. The van der Waals surface area contributed by atoms with E-state index in [1.807, 2.05) is 44.9 Å². The molecule has 5 N–H and O–H groups in total. The number of hydrogen-bond acceptors (Lipinski definition) is 14. The van der Waals surface area contributed by atoms with Crippen LogP contribution < -0.4 is 41.4 Å². The first-order chi connectivity index (χ1) is 43.3. The van der Waals surface area contributed by atoms with Crippen molar-refractivity contribution in [1.29, 1.82) is 0 Å². The molecule has 6 aromatic rings. The molecule has 0 spiro atoms. The zero-order chi connectivity index (χ0) is 62.5. The molecule has 0 saturated carbocycles. The van der Waals surface area contributed by atoms with Crippen LogP contribution in [0.5, 0.6) is 11.5 Å². The van der Waals surface area contributed by atoms with E-state index >= 15 is 0 Å². The summed E-state index contributed by atoms with van der Waals surface area (Å²) in [5.41, 5.74) is 18.2. The van der Waals surface area contributed by atoms with Gasteiger partial charge in [-0.2, -0.15) is 0 Å². The van der Waals surface area contributed by atoms with Crippen LogP contribution in [0.3, 0.4) is 0 Å². The van der Waals surface area contributed by atoms with E-state index in [0.29, 0.717) is 68.8 Å². The van der Waals surface area contributed by atoms with Gasteiger partial charge in [0.15, 0.2) is 17.5 Å². The third-order valence-electron chi connectivity index (χ3n) is 15.7. The summed E-state index contributed by atoms with van der Waals surface area (Å²) in [5.74, 6) is -0.188. The number of piperazine rings is 1. The molecule has 0 radical (unpaired) electrons. The van der Waals surface area contributed by atoms with Gasteiger partial charge in [0.1, 0.15) is 30.2 Å². The average Bonchev–Trinajstić information content (AvgIpc) is 1.18. The Bertz CT molecular complexity index is 3680. The Balaban J connectivity index is 0.713. The predicted octanol–water partition coefficient (Wildman–Crippen LogP) is 11.1. The number of aliphatic imine (C=N–C) groups is 1. The number of unbranched alkanes of at least 4 members (excludes halogenated alkanes) is 4. The molecular formula is C67H81N11O10P+. The minimum Gasteiger partial charge on any atom is -0.456 e. The monoisotopic (exact) mass is 1230 g/mol. The van der Waals surface area contributed by atoms with Crippen molar-refractivity contribution in [3.05, 3.63) is 174 Å². The van der Waals surface area contributed by atoms with Crippen LogP contribution in [-0.4, -0.2) is 113 Å². The Kier molecular flexibility index (Phi) is 23.0. The number of nitrogens with zero attached hydrogens (tertiary/aromatic N) is 8. The molecule has 1 aromatic heterocycles. The SMILES string of the molecule is CCN(CC)c1ccc2c(-c3ccccc3C(=O)N3CCN(C(=O)CCCCCCCn4cc(CCCOC(=O)NC(Cc5ccc(N=C(N)N)cc5)P(=O)(OOc5ccccc5)OOc5ccccc5)nn4)CC3)c3ccc(=[N+](CC)CC)cc-3oc2c1. The number of alkyl carbamates (subject to hydrolysis) is 1. The number of benzene rings is 6. The van der Waals surface area contributed by atoms with Gasteiger partial charge in [0.25, 0.3) is 5.91 Å². The summed E-state index contributed by atoms with van der Waals surface area (Å²) in [7, 11) is -4.53. The molecule has 2 aliphatic heterocycles. The third-order valence-corrected chi connectivity index (χ3v) is 17.4. The molecule has 3 heterocycles. The summed E-state index contributed by atoms with van der Waals surface area (Å²) in [6, 6.07) is 44.2. The number of amides is 3. The summed E-state index contributed by atoms with van der Waals surface area (Å²) in [4.78, 5) is 62.5. The number of ether oxygens (including phenoxy) is 1. The molecule has 1 atom stereocenters. The molecule has 3 amide bonds. The number of aromatic nitrogens is 3. The van der Waals surface area contributed by atoms with Crippen molar-refractivity contribution >= 4 is 53.8 Å². The molecule has 1 fully saturated rings. The summed E-state index contributed by atoms with van der Waals surface area (Å²) in [6.07, 6.45) is 6.88. The first kappa shape index (κ1) is 64.4. The van der Waals surface area contributed by atoms with Gasteiger partial charge in [-0.15, -0.1) is 5.10 Å². The van der Waals surface area contributed by atoms with Crippen LogP contribution >= 0.6 is 7.60 Å². The molecule has 9 rings (SSSR count). The highest BCUT2D eigenvalue weighted by Gasteiger charge is 2.43. The van der Waals surface area contributed by atoms with Crippen molar-refractivity contribution in [2.45, 2.75) is 97.8 Å². The van der Waals surface area contributed by atoms with Crippen molar-refractivity contribution in [3.63, 3.8) is 0 Å². The Morgan fingerprint density at radius 3 is 2.06 bits per heavy atom. The van der Waals surface area contributed by atoms with Crippen molar-refractivity contribution in [2.75, 3.05) is 63.9 Å². The second-order valence-corrected chi connectivity index (χ2v) is 23.7. The van der Waals surface area contributed by atoms with Gasteiger partial charge in [-0.3, -0.25) is 18.8 Å². The quantitative estimate of drug-likeness (QED) is 0.00554. The van der Waals surface area contributed by atoms with E-state index in [9.17, 15) is 18.9 Å². The topological polar surface area (TPSA) is 247 Å². The highest BCUT2D eigenvalue weighted by molar-refractivity contribution is 7.54. The number of nitrogens with one attached hydrogen (secondary N) is 1. The van der Waals surface area contributed by atoms with E-state index in [2.05, 4.69) is 94.2 Å². The molecule has 3 aliphatic rings. The van der Waals surface area contributed by atoms with Gasteiger partial charge in [-0.05, 0) is 125 Å². The Morgan fingerprint density at radius 1 is 0.730 bits per heavy atom. The summed E-state index contributed by atoms with van der Waals surface area (Å²) in [5, 5.41) is 13.3. The molecular weight excluding hydrogens is 1150 g/mol. The van der Waals surface area contributed by atoms with E-state index in [-0.39, 0.29) is 42.3 Å². The summed E-state index contributed by atoms with van der Waals surface area (Å²) >= 11 is 0. The van der Waals surface area contributed by atoms with E-state index < -0.39 is 19.5 Å². The van der Waals surface area contributed by atoms with Crippen LogP contribution in [0.25, 0.3) is 33.4 Å². The molecule has 1 aliphatic carbocycles. The first-order valence-electron chi connectivity index (χ1n) is 30.8. The number of guanidine groups is 1. The number of hydrogen-bond donors (Lipinski definition) is 3. The predicted molar refractivity (Wildman–Crippen MR) is 345 cm³/mol. The number of carbonyl (C=O) groups excluding carboxylic acids is 3. The smallest absolute Gasteiger partial charge is 0.426 e. The van der Waals surface area contributed by atoms with Crippen molar-refractivity contribution in [1.82, 2.24) is 34.7 Å². The fourth-order valence-electron chi connectivity index (χ4n) is 10.9. The summed E-state index contributed by atoms with van der Waals surface area (Å²) < 4.78 is 42.1. The lowest BCUT2D eigenvalue weighted by molar-refractivity contribution is -0.173. The van der Waals surface area contributed by atoms with Gasteiger partial charge in [0.2, 0.25) is 11.3 Å². The molecule has 1 saturated heterocycles. The van der Waals surface area contributed by atoms with Crippen LogP contribution in [0.4, 0.5) is 16.2 Å². The lowest BCUT2D eigenvalue weighted by Crippen LogP contribution is -2.50. The number of anilines is 1. The molecule has 21 nitrogen and oxygen atoms in total. The molecule has 5 aromatic carbocycles. The van der Waals surface area contributed by atoms with Crippen LogP contribution in [0.1, 0.15) is 94.3 Å². The minimum absolute atomic E-state index is 0.0129. The molecule has 468 valence electrons. The second kappa shape index (κ2) is 31.7. The number of nitrogens with two attached hydrogens (primary N) is 2. The number of rotatable bonds is 30. The number of aryl methyl sites for hydroxylation is 2. The van der Waals surface area contributed by atoms with E-state index in [1.165, 1.54) is 0 Å². The van der Waals surface area contributed by atoms with E-state index in [4.69, 9.17) is 39.7 Å².